The maximum absolute atomic E-state index is 12.3. The fourth-order valence-electron chi connectivity index (χ4n) is 13.1. The van der Waals surface area contributed by atoms with Crippen molar-refractivity contribution in [2.45, 2.75) is 170 Å². The number of hydrogen-bond acceptors (Lipinski definition) is 26. The molecule has 9 heterocycles. The van der Waals surface area contributed by atoms with E-state index in [-0.39, 0.29) is 155 Å². The molecule has 0 spiro atoms. The molecule has 6 aliphatic heterocycles. The number of nitrogens with zero attached hydrogens (tertiary/aromatic N) is 9. The van der Waals surface area contributed by atoms with Crippen molar-refractivity contribution in [1.29, 1.82) is 5.41 Å². The van der Waals surface area contributed by atoms with Gasteiger partial charge in [0.25, 0.3) is 5.56 Å². The lowest BCUT2D eigenvalue weighted by Gasteiger charge is -2.26. The van der Waals surface area contributed by atoms with Gasteiger partial charge in [0.2, 0.25) is 5.91 Å². The molecular weight excluding hydrogens is 1800 g/mol. The van der Waals surface area contributed by atoms with E-state index in [1.807, 2.05) is 179 Å². The Labute approximate surface area is 798 Å². The summed E-state index contributed by atoms with van der Waals surface area (Å²) >= 11 is 11.2. The van der Waals surface area contributed by atoms with Crippen LogP contribution in [0.4, 0.5) is 11.6 Å². The molecule has 8 aromatic rings. The molecule has 38 heteroatoms. The van der Waals surface area contributed by atoms with Gasteiger partial charge in [0.05, 0.1) is 93.9 Å². The number of amidine groups is 3. The van der Waals surface area contributed by atoms with Crippen molar-refractivity contribution in [2.24, 2.45) is 32.5 Å². The largest absolute Gasteiger partial charge is 0.460 e. The molecule has 6 atom stereocenters. The second kappa shape index (κ2) is 58.5. The number of aryl methyl sites for hydroxylation is 1. The van der Waals surface area contributed by atoms with Gasteiger partial charge in [0.15, 0.2) is 23.2 Å². The van der Waals surface area contributed by atoms with E-state index >= 15 is 0 Å². The van der Waals surface area contributed by atoms with Gasteiger partial charge in [-0.25, -0.2) is 64.0 Å². The first-order valence-corrected chi connectivity index (χ1v) is 42.3. The number of Topliss-reactive ketones (excluding diaryl/α,β-unsaturated/α-hetero) is 2. The highest BCUT2D eigenvalue weighted by atomic mass is 35.5. The number of aliphatic hydroxyl groups is 1. The van der Waals surface area contributed by atoms with Crippen molar-refractivity contribution in [3.63, 3.8) is 0 Å². The van der Waals surface area contributed by atoms with Crippen molar-refractivity contribution in [1.82, 2.24) is 40.9 Å². The lowest BCUT2D eigenvalue weighted by Crippen LogP contribution is -2.47. The van der Waals surface area contributed by atoms with Crippen molar-refractivity contribution in [3.05, 3.63) is 254 Å². The van der Waals surface area contributed by atoms with Crippen LogP contribution < -0.4 is 38.3 Å². The molecule has 15 rings (SSSR count). The Hall–Kier alpha value is -12.3. The van der Waals surface area contributed by atoms with Crippen LogP contribution in [0.2, 0.25) is 0 Å². The molecule has 33 nitrogen and oxygen atoms in total. The van der Waals surface area contributed by atoms with Crippen molar-refractivity contribution in [3.8, 4) is 22.8 Å². The molecule has 3 aromatic heterocycles. The molecule has 0 radical (unpaired) electrons. The predicted octanol–water partition coefficient (Wildman–Crippen LogP) is 14.5. The average Bonchev–Trinajstić information content (AvgIpc) is 1.63. The van der Waals surface area contributed by atoms with Crippen LogP contribution in [-0.4, -0.2) is 195 Å². The third-order valence-corrected chi connectivity index (χ3v) is 20.0. The SMILES string of the molecule is C.CC(=O)CCl.CC1(Cc2c(N)nc(-c3ccccc3)[nH]c2=O)OCCO1.CC1=CC2C(=O)NC(c3ccccc3)=NC2N1.CC1=CC2C(Cl)=NC(c3ccccc3)=NC2N1.Cc1cc2c(NC3CCC(O)CC3)nc(-c3ccccc3)nc2[nH]1.Cl.Cl.Cl.N=C(N)c1ccccc1.[C-]#[N+]C(CC(C)=O)C(=O)OCC.[C-]#[N+]C(CC1(C)OCCO1)C(=O)OCC.[C-]#[N+]CC(=O)OCC. The number of carbonyl (C=O) groups is 6. The smallest absolute Gasteiger partial charge is 0.390 e. The number of amides is 1. The van der Waals surface area contributed by atoms with Gasteiger partial charge in [-0.3, -0.25) is 24.6 Å². The molecular formula is C94H117Cl5N18O15. The summed E-state index contributed by atoms with van der Waals surface area (Å²) in [5.74, 6) is 0.453. The van der Waals surface area contributed by atoms with Gasteiger partial charge in [-0.2, -0.15) is 0 Å². The summed E-state index contributed by atoms with van der Waals surface area (Å²) in [6.45, 7) is 40.0. The number of hydrogen-bond donors (Lipinski definition) is 10. The molecule has 1 aliphatic carbocycles. The van der Waals surface area contributed by atoms with Crippen LogP contribution in [0.15, 0.2) is 201 Å². The molecule has 12 N–H and O–H groups in total. The van der Waals surface area contributed by atoms with Crippen LogP contribution in [0, 0.1) is 43.9 Å². The second-order valence-corrected chi connectivity index (χ2v) is 30.4. The summed E-state index contributed by atoms with van der Waals surface area (Å²) in [6.07, 6.45) is 7.76. The summed E-state index contributed by atoms with van der Waals surface area (Å²) in [5, 5.41) is 31.3. The van der Waals surface area contributed by atoms with Crippen LogP contribution in [0.5, 0.6) is 0 Å². The van der Waals surface area contributed by atoms with E-state index in [0.29, 0.717) is 67.3 Å². The first-order chi connectivity index (χ1) is 61.3. The Kier molecular flexibility index (Phi) is 50.4. The monoisotopic (exact) mass is 1910 g/mol. The zero-order chi connectivity index (χ0) is 93.3. The lowest BCUT2D eigenvalue weighted by molar-refractivity contribution is -0.162. The highest BCUT2D eigenvalue weighted by Gasteiger charge is 2.41. The number of aliphatic hydroxyl groups excluding tert-OH is 1. The van der Waals surface area contributed by atoms with E-state index in [0.717, 1.165) is 93.3 Å². The normalized spacial score (nSPS) is 18.1. The fourth-order valence-corrected chi connectivity index (χ4v) is 13.4. The van der Waals surface area contributed by atoms with Crippen molar-refractivity contribution in [2.75, 3.05) is 69.7 Å². The zero-order valence-corrected chi connectivity index (χ0v) is 78.4. The Morgan fingerprint density at radius 2 is 1.12 bits per heavy atom. The minimum Gasteiger partial charge on any atom is -0.460 e. The summed E-state index contributed by atoms with van der Waals surface area (Å²) in [6, 6.07) is 48.9. The third kappa shape index (κ3) is 37.2. The first-order valence-electron chi connectivity index (χ1n) is 41.4. The molecule has 1 amide bonds. The number of alkyl halides is 1. The Balaban J connectivity index is 0.000000391. The fraction of sp³-hybridized carbons (Fsp3) is 0.394. The highest BCUT2D eigenvalue weighted by Crippen LogP contribution is 2.32. The van der Waals surface area contributed by atoms with Crippen LogP contribution in [0.3, 0.4) is 0 Å². The first kappa shape index (κ1) is 114. The van der Waals surface area contributed by atoms with Crippen molar-refractivity contribution >= 4 is 141 Å². The number of H-pyrrole nitrogens is 2. The van der Waals surface area contributed by atoms with E-state index in [1.54, 1.807) is 34.6 Å². The molecule has 6 unspecified atom stereocenters. The van der Waals surface area contributed by atoms with Gasteiger partial charge >= 0.3 is 36.5 Å². The summed E-state index contributed by atoms with van der Waals surface area (Å²) in [7, 11) is 0. The van der Waals surface area contributed by atoms with E-state index < -0.39 is 41.6 Å². The van der Waals surface area contributed by atoms with E-state index in [2.05, 4.69) is 92.3 Å². The predicted molar refractivity (Wildman–Crippen MR) is 520 cm³/mol. The van der Waals surface area contributed by atoms with Crippen LogP contribution in [-0.2, 0) is 68.3 Å². The zero-order valence-electron chi connectivity index (χ0n) is 74.4. The summed E-state index contributed by atoms with van der Waals surface area (Å²) in [5.41, 5.74) is 19.9. The number of aromatic amines is 2. The molecule has 0 bridgehead atoms. The quantitative estimate of drug-likeness (QED) is 0.00846. The number of esters is 3. The standard InChI is InChI=1S/C19H22N4O.C15H17N3O3.C13H12ClN3.C13H13N3O.C10H15NO4.C8H11NO3.C7H8N2.C5H7NO2.C3H5ClO.CH4.3ClH/c1-12-11-16-18(20-12)22-17(13-5-3-2-4-6-13)23-19(16)21-14-7-9-15(24)10-8-14;1-15(20-7-8-21-15)9-11-12(16)17-13(18-14(11)19)10-5-3-2-4-6-10;1-8-7-10-11(14)16-12(17-13(10)15-8)9-5-3-2-4-6-9;1-8-7-10-12(14-8)15-11(16-13(10)17)9-5-3-2-4-6-9;1-4-13-9(12)8(11-3)7-10(2)14-5-6-15-10;1-4-12-8(11)7(9-3)5-6(2)10;8-7(9)6-4-2-1-3-5-6;1-3-8-5(7)4-6-2;1-3(5)2-4;;;;/h2-6,11,14-15,24H,7-10H2,1H3,(H2,20,21,22,23);2-6H,7-9H2,1H3,(H3,16,17,18,19);2-7,10,13,15H,1H3;2-7,10,12,14H,1H3,(H,15,16,17);8H,4-7H2,1-2H3;7H,4-5H2,1-2H3;1-5H,(H3,8,9);3-4H2,1H3;2H2,1H3;1H4;3*1H. The lowest BCUT2D eigenvalue weighted by atomic mass is 9.93. The number of aromatic nitrogens is 5. The average molecular weight is 1920 g/mol. The third-order valence-electron chi connectivity index (χ3n) is 19.3. The number of anilines is 2. The number of ether oxygens (including phenoxy) is 7. The van der Waals surface area contributed by atoms with Gasteiger partial charge in [0.1, 0.15) is 63.8 Å². The minimum atomic E-state index is -0.956. The number of rotatable bonds is 20. The van der Waals surface area contributed by atoms with E-state index in [4.69, 9.17) is 88.5 Å². The van der Waals surface area contributed by atoms with Gasteiger partial charge in [-0.1, -0.05) is 177 Å². The molecule has 2 saturated heterocycles. The van der Waals surface area contributed by atoms with Gasteiger partial charge in [-0.15, -0.1) is 48.8 Å². The van der Waals surface area contributed by atoms with Crippen LogP contribution in [0.25, 0.3) is 48.3 Å². The minimum absolute atomic E-state index is 0. The number of nitrogens with two attached hydrogens (primary N) is 2. The van der Waals surface area contributed by atoms with E-state index in [9.17, 15) is 38.7 Å². The number of ketones is 2. The topological polar surface area (TPSA) is 449 Å². The summed E-state index contributed by atoms with van der Waals surface area (Å²) in [4.78, 5) is 119. The van der Waals surface area contributed by atoms with Gasteiger partial charge in [-0.05, 0) is 107 Å². The van der Waals surface area contributed by atoms with E-state index in [1.165, 1.54) is 13.8 Å². The summed E-state index contributed by atoms with van der Waals surface area (Å²) < 4.78 is 35.5. The molecule has 132 heavy (non-hydrogen) atoms. The number of fused-ring (bicyclic) bond motifs is 3. The van der Waals surface area contributed by atoms with Crippen LogP contribution >= 0.6 is 60.4 Å². The number of aliphatic imine (C=N–C) groups is 3. The number of carbonyl (C=O) groups excluding carboxylic acids is 6. The van der Waals surface area contributed by atoms with Gasteiger partial charge < -0.3 is 95.5 Å². The molecule has 7 aliphatic rings. The number of allylic oxidation sites excluding steroid dienone is 2. The molecule has 708 valence electrons. The van der Waals surface area contributed by atoms with Crippen molar-refractivity contribution < 1.29 is 67.0 Å². The Morgan fingerprint density at radius 1 is 0.644 bits per heavy atom. The Bertz CT molecular complexity index is 5370. The van der Waals surface area contributed by atoms with Gasteiger partial charge in [0, 0.05) is 57.4 Å². The molecule has 5 aromatic carbocycles. The second-order valence-electron chi connectivity index (χ2n) is 29.8. The Morgan fingerprint density at radius 3 is 1.60 bits per heavy atom. The molecule has 1 saturated carbocycles. The van der Waals surface area contributed by atoms with Crippen LogP contribution in [0.1, 0.15) is 136 Å². The number of nitrogens with one attached hydrogen (secondary N) is 7. The number of nitrogen functional groups attached to an aromatic ring is 2. The highest BCUT2D eigenvalue weighted by molar-refractivity contribution is 6.67. The number of benzene rings is 5. The molecule has 3 fully saturated rings. The number of halogens is 5. The maximum atomic E-state index is 12.3. The maximum Gasteiger partial charge on any atom is 0.390 e.